The summed E-state index contributed by atoms with van der Waals surface area (Å²) in [5, 5.41) is 7.97. The fourth-order valence-corrected chi connectivity index (χ4v) is 2.25. The predicted molar refractivity (Wildman–Crippen MR) is 91.5 cm³/mol. The zero-order valence-corrected chi connectivity index (χ0v) is 14.2. The summed E-state index contributed by atoms with van der Waals surface area (Å²) in [6.45, 7) is 5.49. The third-order valence-corrected chi connectivity index (χ3v) is 3.49. The van der Waals surface area contributed by atoms with Crippen molar-refractivity contribution in [3.63, 3.8) is 0 Å². The summed E-state index contributed by atoms with van der Waals surface area (Å²) in [7, 11) is 0. The molecule has 3 aromatic rings. The highest BCUT2D eigenvalue weighted by Gasteiger charge is 2.18. The van der Waals surface area contributed by atoms with Gasteiger partial charge in [0.05, 0.1) is 0 Å². The van der Waals surface area contributed by atoms with Crippen LogP contribution in [-0.2, 0) is 9.53 Å². The van der Waals surface area contributed by atoms with Crippen molar-refractivity contribution in [3.05, 3.63) is 65.4 Å². The van der Waals surface area contributed by atoms with E-state index in [4.69, 9.17) is 13.6 Å². The smallest absolute Gasteiger partial charge is 0.331 e. The SMILES string of the molecule is Cc1cccc(-c2nnc(C(C)OC(=O)/C=C/c3ccc(C)o3)o2)c1. The van der Waals surface area contributed by atoms with Gasteiger partial charge < -0.3 is 13.6 Å². The molecule has 0 aliphatic rings. The van der Waals surface area contributed by atoms with Crippen molar-refractivity contribution in [2.75, 3.05) is 0 Å². The molecule has 0 aliphatic heterocycles. The van der Waals surface area contributed by atoms with E-state index in [1.54, 1.807) is 19.1 Å². The Balaban J connectivity index is 1.64. The molecule has 6 heteroatoms. The maximum Gasteiger partial charge on any atom is 0.331 e. The maximum absolute atomic E-state index is 11.9. The molecule has 0 amide bonds. The molecular formula is C19H18N2O4. The summed E-state index contributed by atoms with van der Waals surface area (Å²) < 4.78 is 16.2. The van der Waals surface area contributed by atoms with Gasteiger partial charge in [-0.15, -0.1) is 10.2 Å². The van der Waals surface area contributed by atoms with Crippen molar-refractivity contribution in [2.24, 2.45) is 0 Å². The second-order valence-electron chi connectivity index (χ2n) is 5.68. The van der Waals surface area contributed by atoms with Crippen LogP contribution in [0.25, 0.3) is 17.5 Å². The van der Waals surface area contributed by atoms with Crippen LogP contribution < -0.4 is 0 Å². The van der Waals surface area contributed by atoms with Gasteiger partial charge in [0.1, 0.15) is 11.5 Å². The van der Waals surface area contributed by atoms with E-state index in [1.165, 1.54) is 6.08 Å². The van der Waals surface area contributed by atoms with E-state index in [2.05, 4.69) is 10.2 Å². The van der Waals surface area contributed by atoms with Crippen LogP contribution in [-0.4, -0.2) is 16.2 Å². The van der Waals surface area contributed by atoms with Crippen molar-refractivity contribution in [3.8, 4) is 11.5 Å². The second-order valence-corrected chi connectivity index (χ2v) is 5.68. The van der Waals surface area contributed by atoms with Gasteiger partial charge in [-0.3, -0.25) is 0 Å². The van der Waals surface area contributed by atoms with Gasteiger partial charge in [0.2, 0.25) is 5.89 Å². The molecule has 25 heavy (non-hydrogen) atoms. The molecule has 2 heterocycles. The van der Waals surface area contributed by atoms with Gasteiger partial charge >= 0.3 is 5.97 Å². The average molecular weight is 338 g/mol. The molecule has 0 N–H and O–H groups in total. The Bertz CT molecular complexity index is 908. The Morgan fingerprint density at radius 2 is 2.00 bits per heavy atom. The Morgan fingerprint density at radius 1 is 1.16 bits per heavy atom. The highest BCUT2D eigenvalue weighted by atomic mass is 16.6. The first-order valence-electron chi connectivity index (χ1n) is 7.87. The fraction of sp³-hybridized carbons (Fsp3) is 0.211. The van der Waals surface area contributed by atoms with E-state index in [0.717, 1.165) is 16.9 Å². The highest BCUT2D eigenvalue weighted by Crippen LogP contribution is 2.23. The van der Waals surface area contributed by atoms with Crippen molar-refractivity contribution < 1.29 is 18.4 Å². The number of esters is 1. The van der Waals surface area contributed by atoms with Gasteiger partial charge in [0.15, 0.2) is 6.10 Å². The lowest BCUT2D eigenvalue weighted by Gasteiger charge is -2.06. The molecule has 1 atom stereocenters. The fourth-order valence-electron chi connectivity index (χ4n) is 2.25. The second kappa shape index (κ2) is 7.17. The molecule has 0 fully saturated rings. The summed E-state index contributed by atoms with van der Waals surface area (Å²) in [6, 6.07) is 11.3. The molecule has 3 rings (SSSR count). The Morgan fingerprint density at radius 3 is 2.72 bits per heavy atom. The molecular weight excluding hydrogens is 320 g/mol. The maximum atomic E-state index is 11.9. The molecule has 1 unspecified atom stereocenters. The number of benzene rings is 1. The van der Waals surface area contributed by atoms with Crippen molar-refractivity contribution in [2.45, 2.75) is 26.9 Å². The number of ether oxygens (including phenoxy) is 1. The van der Waals surface area contributed by atoms with Crippen LogP contribution in [0.1, 0.15) is 36.0 Å². The molecule has 2 aromatic heterocycles. The molecule has 1 aromatic carbocycles. The zero-order valence-electron chi connectivity index (χ0n) is 14.2. The molecule has 0 radical (unpaired) electrons. The molecule has 0 spiro atoms. The Labute approximate surface area is 145 Å². The van der Waals surface area contributed by atoms with Gasteiger partial charge in [0.25, 0.3) is 5.89 Å². The van der Waals surface area contributed by atoms with Crippen LogP contribution in [0.15, 0.2) is 51.3 Å². The molecule has 0 saturated carbocycles. The largest absolute Gasteiger partial charge is 0.462 e. The van der Waals surface area contributed by atoms with Crippen molar-refractivity contribution >= 4 is 12.0 Å². The van der Waals surface area contributed by atoms with E-state index < -0.39 is 12.1 Å². The van der Waals surface area contributed by atoms with E-state index in [0.29, 0.717) is 11.7 Å². The number of aromatic nitrogens is 2. The predicted octanol–water partition coefficient (Wildman–Crippen LogP) is 4.26. The number of rotatable bonds is 5. The summed E-state index contributed by atoms with van der Waals surface area (Å²) >= 11 is 0. The molecule has 0 saturated heterocycles. The first kappa shape index (κ1) is 16.7. The van der Waals surface area contributed by atoms with Gasteiger partial charge in [-0.2, -0.15) is 0 Å². The topological polar surface area (TPSA) is 78.4 Å². The van der Waals surface area contributed by atoms with Gasteiger partial charge in [-0.25, -0.2) is 4.79 Å². The molecule has 0 aliphatic carbocycles. The van der Waals surface area contributed by atoms with Crippen LogP contribution in [0.3, 0.4) is 0 Å². The monoisotopic (exact) mass is 338 g/mol. The van der Waals surface area contributed by atoms with Gasteiger partial charge in [0, 0.05) is 11.6 Å². The Hall–Kier alpha value is -3.15. The minimum Gasteiger partial charge on any atom is -0.462 e. The molecule has 0 bridgehead atoms. The number of hydrogen-bond acceptors (Lipinski definition) is 6. The van der Waals surface area contributed by atoms with Crippen LogP contribution in [0, 0.1) is 13.8 Å². The molecule has 128 valence electrons. The summed E-state index contributed by atoms with van der Waals surface area (Å²) in [6.07, 6.45) is 2.20. The zero-order chi connectivity index (χ0) is 17.8. The number of hydrogen-bond donors (Lipinski definition) is 0. The molecule has 6 nitrogen and oxygen atoms in total. The number of carbonyl (C=O) groups is 1. The minimum absolute atomic E-state index is 0.243. The number of aryl methyl sites for hydroxylation is 2. The quantitative estimate of drug-likeness (QED) is 0.511. The Kier molecular flexibility index (Phi) is 4.79. The van der Waals surface area contributed by atoms with Gasteiger partial charge in [-0.05, 0) is 51.1 Å². The van der Waals surface area contributed by atoms with Crippen LogP contribution in [0.2, 0.25) is 0 Å². The van der Waals surface area contributed by atoms with Crippen molar-refractivity contribution in [1.29, 1.82) is 0 Å². The lowest BCUT2D eigenvalue weighted by atomic mass is 10.1. The highest BCUT2D eigenvalue weighted by molar-refractivity contribution is 5.86. The van der Waals surface area contributed by atoms with E-state index in [-0.39, 0.29) is 5.89 Å². The normalized spacial score (nSPS) is 12.4. The van der Waals surface area contributed by atoms with E-state index in [1.807, 2.05) is 44.2 Å². The summed E-state index contributed by atoms with van der Waals surface area (Å²) in [5.74, 6) is 1.48. The van der Waals surface area contributed by atoms with Crippen LogP contribution in [0.5, 0.6) is 0 Å². The van der Waals surface area contributed by atoms with E-state index in [9.17, 15) is 4.79 Å². The number of furan rings is 1. The summed E-state index contributed by atoms with van der Waals surface area (Å²) in [4.78, 5) is 11.9. The van der Waals surface area contributed by atoms with Crippen LogP contribution >= 0.6 is 0 Å². The summed E-state index contributed by atoms with van der Waals surface area (Å²) in [5.41, 5.74) is 1.92. The van der Waals surface area contributed by atoms with E-state index >= 15 is 0 Å². The number of carbonyl (C=O) groups excluding carboxylic acids is 1. The standard InChI is InChI=1S/C19H18N2O4/c1-12-5-4-6-15(11-12)19-21-20-18(25-19)14(3)24-17(22)10-9-16-8-7-13(2)23-16/h4-11,14H,1-3H3/b10-9+. The van der Waals surface area contributed by atoms with Crippen molar-refractivity contribution in [1.82, 2.24) is 10.2 Å². The third-order valence-electron chi connectivity index (χ3n) is 3.49. The first-order valence-corrected chi connectivity index (χ1v) is 7.87. The number of nitrogens with zero attached hydrogens (tertiary/aromatic N) is 2. The lowest BCUT2D eigenvalue weighted by molar-refractivity contribution is -0.143. The van der Waals surface area contributed by atoms with Gasteiger partial charge in [-0.1, -0.05) is 17.7 Å². The third kappa shape index (κ3) is 4.23. The lowest BCUT2D eigenvalue weighted by Crippen LogP contribution is -2.06. The first-order chi connectivity index (χ1) is 12.0. The van der Waals surface area contributed by atoms with Crippen LogP contribution in [0.4, 0.5) is 0 Å². The minimum atomic E-state index is -0.651. The average Bonchev–Trinajstić information content (AvgIpc) is 3.22.